The summed E-state index contributed by atoms with van der Waals surface area (Å²) in [5.41, 5.74) is 12.4. The van der Waals surface area contributed by atoms with Crippen molar-refractivity contribution in [1.29, 1.82) is 5.41 Å². The van der Waals surface area contributed by atoms with Gasteiger partial charge in [-0.15, -0.1) is 0 Å². The summed E-state index contributed by atoms with van der Waals surface area (Å²) in [6.07, 6.45) is 1.99. The number of nitrogens with two attached hydrogens (primary N) is 1. The second-order valence-electron chi connectivity index (χ2n) is 8.72. The van der Waals surface area contributed by atoms with Crippen molar-refractivity contribution in [3.63, 3.8) is 0 Å². The van der Waals surface area contributed by atoms with Gasteiger partial charge in [-0.2, -0.15) is 0 Å². The zero-order valence-electron chi connectivity index (χ0n) is 16.6. The highest BCUT2D eigenvalue weighted by molar-refractivity contribution is 5.94. The van der Waals surface area contributed by atoms with E-state index in [4.69, 9.17) is 11.1 Å². The quantitative estimate of drug-likeness (QED) is 0.556. The van der Waals surface area contributed by atoms with Crippen LogP contribution in [0.1, 0.15) is 75.3 Å². The van der Waals surface area contributed by atoms with Gasteiger partial charge in [-0.05, 0) is 52.5 Å². The molecule has 138 valence electrons. The summed E-state index contributed by atoms with van der Waals surface area (Å²) < 4.78 is 0. The van der Waals surface area contributed by atoms with E-state index in [-0.39, 0.29) is 17.4 Å². The zero-order valence-corrected chi connectivity index (χ0v) is 16.6. The van der Waals surface area contributed by atoms with Crippen LogP contribution in [-0.4, -0.2) is 5.96 Å². The molecule has 3 heteroatoms. The molecule has 3 rings (SSSR count). The van der Waals surface area contributed by atoms with E-state index in [0.29, 0.717) is 5.92 Å². The average Bonchev–Trinajstić information content (AvgIpc) is 2.59. The third-order valence-corrected chi connectivity index (χ3v) is 5.45. The standard InChI is InChI=1S/C23H31N3/c1-15(2)17-8-12-21-18(14-17)9-13-20(26(21)22(24)25)16-6-10-19(11-7-16)23(3,4)5/h6-8,10-12,14-15,20H,9,13H2,1-5H3,(H3,24,25)/t20-/m0/s1. The van der Waals surface area contributed by atoms with Crippen molar-refractivity contribution in [2.24, 2.45) is 5.73 Å². The highest BCUT2D eigenvalue weighted by Crippen LogP contribution is 2.39. The van der Waals surface area contributed by atoms with Gasteiger partial charge in [0.25, 0.3) is 0 Å². The van der Waals surface area contributed by atoms with Gasteiger partial charge < -0.3 is 10.6 Å². The van der Waals surface area contributed by atoms with E-state index in [0.717, 1.165) is 18.5 Å². The van der Waals surface area contributed by atoms with Crippen molar-refractivity contribution in [2.45, 2.75) is 64.8 Å². The van der Waals surface area contributed by atoms with Crippen molar-refractivity contribution in [3.05, 3.63) is 64.7 Å². The molecule has 3 N–H and O–H groups in total. The maximum Gasteiger partial charge on any atom is 0.193 e. The Labute approximate surface area is 157 Å². The third-order valence-electron chi connectivity index (χ3n) is 5.45. The molecule has 0 fully saturated rings. The minimum absolute atomic E-state index is 0.119. The van der Waals surface area contributed by atoms with Crippen molar-refractivity contribution in [3.8, 4) is 0 Å². The Morgan fingerprint density at radius 2 is 1.77 bits per heavy atom. The molecule has 1 heterocycles. The number of nitrogens with zero attached hydrogens (tertiary/aromatic N) is 1. The van der Waals surface area contributed by atoms with Crippen LogP contribution >= 0.6 is 0 Å². The summed E-state index contributed by atoms with van der Waals surface area (Å²) in [6.45, 7) is 11.1. The lowest BCUT2D eigenvalue weighted by molar-refractivity contribution is 0.585. The highest BCUT2D eigenvalue weighted by atomic mass is 15.3. The molecule has 0 aliphatic carbocycles. The molecule has 1 aliphatic rings. The first-order chi connectivity index (χ1) is 12.2. The summed E-state index contributed by atoms with van der Waals surface area (Å²) in [5, 5.41) is 8.18. The molecule has 3 nitrogen and oxygen atoms in total. The van der Waals surface area contributed by atoms with Crippen LogP contribution in [0.4, 0.5) is 5.69 Å². The molecule has 1 aliphatic heterocycles. The number of guanidine groups is 1. The van der Waals surface area contributed by atoms with E-state index in [2.05, 4.69) is 77.1 Å². The van der Waals surface area contributed by atoms with Gasteiger partial charge in [-0.1, -0.05) is 71.0 Å². The van der Waals surface area contributed by atoms with Gasteiger partial charge in [-0.25, -0.2) is 0 Å². The number of anilines is 1. The second kappa shape index (κ2) is 6.79. The number of hydrogen-bond acceptors (Lipinski definition) is 1. The van der Waals surface area contributed by atoms with Crippen LogP contribution in [0, 0.1) is 5.41 Å². The molecule has 1 atom stereocenters. The number of benzene rings is 2. The summed E-state index contributed by atoms with van der Waals surface area (Å²) in [4.78, 5) is 2.00. The Morgan fingerprint density at radius 3 is 2.31 bits per heavy atom. The summed E-state index contributed by atoms with van der Waals surface area (Å²) >= 11 is 0. The van der Waals surface area contributed by atoms with Gasteiger partial charge in [0.15, 0.2) is 5.96 Å². The Morgan fingerprint density at radius 1 is 1.12 bits per heavy atom. The molecule has 2 aromatic rings. The summed E-state index contributed by atoms with van der Waals surface area (Å²) in [5.74, 6) is 0.627. The Bertz CT molecular complexity index is 797. The predicted molar refractivity (Wildman–Crippen MR) is 111 cm³/mol. The molecule has 0 unspecified atom stereocenters. The fraction of sp³-hybridized carbons (Fsp3) is 0.435. The lowest BCUT2D eigenvalue weighted by Crippen LogP contribution is -2.42. The molecule has 0 bridgehead atoms. The van der Waals surface area contributed by atoms with Crippen LogP contribution in [0.15, 0.2) is 42.5 Å². The van der Waals surface area contributed by atoms with Crippen LogP contribution in [0.3, 0.4) is 0 Å². The van der Waals surface area contributed by atoms with E-state index >= 15 is 0 Å². The smallest absolute Gasteiger partial charge is 0.193 e. The maximum absolute atomic E-state index is 8.18. The maximum atomic E-state index is 8.18. The number of nitrogens with one attached hydrogen (secondary N) is 1. The van der Waals surface area contributed by atoms with Crippen LogP contribution in [0.2, 0.25) is 0 Å². The third kappa shape index (κ3) is 3.48. The molecule has 26 heavy (non-hydrogen) atoms. The van der Waals surface area contributed by atoms with Gasteiger partial charge in [0, 0.05) is 5.69 Å². The molecule has 0 aromatic heterocycles. The van der Waals surface area contributed by atoms with E-state index in [1.807, 2.05) is 4.90 Å². The van der Waals surface area contributed by atoms with Gasteiger partial charge in [0.2, 0.25) is 0 Å². The Balaban J connectivity index is 1.97. The van der Waals surface area contributed by atoms with Crippen molar-refractivity contribution >= 4 is 11.6 Å². The molecule has 0 saturated heterocycles. The molecular weight excluding hydrogens is 318 g/mol. The van der Waals surface area contributed by atoms with Crippen LogP contribution in [-0.2, 0) is 11.8 Å². The normalized spacial score (nSPS) is 17.3. The largest absolute Gasteiger partial charge is 0.370 e. The number of aryl methyl sites for hydroxylation is 1. The van der Waals surface area contributed by atoms with Crippen molar-refractivity contribution in [2.75, 3.05) is 4.90 Å². The van der Waals surface area contributed by atoms with E-state index in [9.17, 15) is 0 Å². The fourth-order valence-corrected chi connectivity index (χ4v) is 3.81. The van der Waals surface area contributed by atoms with Gasteiger partial charge in [0.05, 0.1) is 6.04 Å². The number of rotatable bonds is 2. The topological polar surface area (TPSA) is 53.1 Å². The monoisotopic (exact) mass is 349 g/mol. The first-order valence-corrected chi connectivity index (χ1v) is 9.55. The lowest BCUT2D eigenvalue weighted by Gasteiger charge is -2.38. The highest BCUT2D eigenvalue weighted by Gasteiger charge is 2.30. The summed E-state index contributed by atoms with van der Waals surface area (Å²) in [6, 6.07) is 15.6. The molecule has 0 spiro atoms. The Hall–Kier alpha value is -2.29. The minimum Gasteiger partial charge on any atom is -0.370 e. The average molecular weight is 350 g/mol. The number of hydrogen-bond donors (Lipinski definition) is 2. The van der Waals surface area contributed by atoms with Crippen molar-refractivity contribution in [1.82, 2.24) is 0 Å². The van der Waals surface area contributed by atoms with Gasteiger partial charge in [-0.3, -0.25) is 5.41 Å². The molecule has 0 amide bonds. The van der Waals surface area contributed by atoms with Gasteiger partial charge in [0.1, 0.15) is 0 Å². The van der Waals surface area contributed by atoms with Crippen LogP contribution in [0.5, 0.6) is 0 Å². The second-order valence-corrected chi connectivity index (χ2v) is 8.72. The fourth-order valence-electron chi connectivity index (χ4n) is 3.81. The Kier molecular flexibility index (Phi) is 4.83. The molecule has 0 radical (unpaired) electrons. The molecule has 2 aromatic carbocycles. The molecule has 0 saturated carbocycles. The van der Waals surface area contributed by atoms with Gasteiger partial charge >= 0.3 is 0 Å². The minimum atomic E-state index is 0.119. The molecular formula is C23H31N3. The van der Waals surface area contributed by atoms with E-state index in [1.54, 1.807) is 0 Å². The van der Waals surface area contributed by atoms with E-state index < -0.39 is 0 Å². The van der Waals surface area contributed by atoms with Crippen LogP contribution in [0.25, 0.3) is 0 Å². The zero-order chi connectivity index (χ0) is 19.1. The number of fused-ring (bicyclic) bond motifs is 1. The predicted octanol–water partition coefficient (Wildman–Crippen LogP) is 5.49. The first-order valence-electron chi connectivity index (χ1n) is 9.55. The summed E-state index contributed by atoms with van der Waals surface area (Å²) in [7, 11) is 0. The SMILES string of the molecule is CC(C)c1ccc2c(c1)CC[C@@H](c1ccc(C(C)(C)C)cc1)N2C(=N)N. The first kappa shape index (κ1) is 18.5. The lowest BCUT2D eigenvalue weighted by atomic mass is 9.84. The van der Waals surface area contributed by atoms with Crippen molar-refractivity contribution < 1.29 is 0 Å². The van der Waals surface area contributed by atoms with E-state index in [1.165, 1.54) is 22.3 Å². The van der Waals surface area contributed by atoms with Crippen LogP contribution < -0.4 is 10.6 Å².